The fourth-order valence-electron chi connectivity index (χ4n) is 4.62. The predicted octanol–water partition coefficient (Wildman–Crippen LogP) is 4.77. The normalized spacial score (nSPS) is 21.4. The molecule has 166 valence electrons. The highest BCUT2D eigenvalue weighted by molar-refractivity contribution is 9.10. The first-order valence-electron chi connectivity index (χ1n) is 10.7. The quantitative estimate of drug-likeness (QED) is 0.598. The number of likely N-dealkylation sites (N-methyl/N-ethyl adjacent to an activating group) is 1. The molecule has 2 aliphatic heterocycles. The molecule has 2 atom stereocenters. The van der Waals surface area contributed by atoms with Gasteiger partial charge in [-0.2, -0.15) is 0 Å². The molecule has 4 rings (SSSR count). The van der Waals surface area contributed by atoms with E-state index in [-0.39, 0.29) is 5.91 Å². The van der Waals surface area contributed by atoms with Gasteiger partial charge in [-0.25, -0.2) is 0 Å². The molecule has 2 unspecified atom stereocenters. The lowest BCUT2D eigenvalue weighted by Crippen LogP contribution is -2.55. The number of halogens is 2. The fraction of sp³-hybridized carbons (Fsp3) is 0.458. The van der Waals surface area contributed by atoms with E-state index in [0.717, 1.165) is 52.2 Å². The Kier molecular flexibility index (Phi) is 6.52. The molecule has 0 aromatic heterocycles. The second-order valence-electron chi connectivity index (χ2n) is 8.61. The number of rotatable bonds is 4. The van der Waals surface area contributed by atoms with Gasteiger partial charge in [-0.1, -0.05) is 23.7 Å². The minimum atomic E-state index is 0.0814. The molecule has 2 aromatic carbocycles. The maximum absolute atomic E-state index is 13.2. The van der Waals surface area contributed by atoms with Gasteiger partial charge in [-0.15, -0.1) is 0 Å². The molecule has 2 aromatic rings. The van der Waals surface area contributed by atoms with Crippen LogP contribution in [0.4, 0.5) is 11.4 Å². The number of ether oxygens (including phenoxy) is 1. The summed E-state index contributed by atoms with van der Waals surface area (Å²) in [5.74, 6) is 0.965. The van der Waals surface area contributed by atoms with Crippen molar-refractivity contribution < 1.29 is 9.53 Å². The number of hydrogen-bond donors (Lipinski definition) is 0. The molecule has 5 nitrogen and oxygen atoms in total. The van der Waals surface area contributed by atoms with Crippen LogP contribution in [0.5, 0.6) is 5.75 Å². The fourth-order valence-corrected chi connectivity index (χ4v) is 5.22. The average Bonchev–Trinajstić information content (AvgIpc) is 3.17. The van der Waals surface area contributed by atoms with Crippen molar-refractivity contribution in [1.29, 1.82) is 0 Å². The Balaban J connectivity index is 1.63. The zero-order chi connectivity index (χ0) is 22.3. The first-order chi connectivity index (χ1) is 14.8. The second-order valence-corrected chi connectivity index (χ2v) is 9.81. The lowest BCUT2D eigenvalue weighted by molar-refractivity contribution is -0.117. The Hall–Kier alpha value is -1.76. The summed E-state index contributed by atoms with van der Waals surface area (Å²) in [4.78, 5) is 20.0. The Morgan fingerprint density at radius 3 is 2.58 bits per heavy atom. The molecule has 2 aliphatic rings. The average molecular weight is 507 g/mol. The minimum Gasteiger partial charge on any atom is -0.495 e. The monoisotopic (exact) mass is 505 g/mol. The van der Waals surface area contributed by atoms with Crippen molar-refractivity contribution in [3.05, 3.63) is 51.0 Å². The lowest BCUT2D eigenvalue weighted by atomic mass is 10.1. The van der Waals surface area contributed by atoms with Gasteiger partial charge in [0, 0.05) is 41.9 Å². The molecular weight excluding hydrogens is 478 g/mol. The van der Waals surface area contributed by atoms with Crippen LogP contribution in [0.1, 0.15) is 25.0 Å². The number of hydrogen-bond acceptors (Lipinski definition) is 4. The van der Waals surface area contributed by atoms with E-state index < -0.39 is 0 Å². The maximum atomic E-state index is 13.2. The van der Waals surface area contributed by atoms with E-state index in [0.29, 0.717) is 30.1 Å². The molecule has 0 bridgehead atoms. The van der Waals surface area contributed by atoms with Gasteiger partial charge in [0.1, 0.15) is 5.75 Å². The van der Waals surface area contributed by atoms with Crippen molar-refractivity contribution in [3.63, 3.8) is 0 Å². The van der Waals surface area contributed by atoms with Crippen molar-refractivity contribution in [1.82, 2.24) is 4.90 Å². The molecule has 0 spiro atoms. The van der Waals surface area contributed by atoms with Crippen LogP contribution in [0.2, 0.25) is 5.02 Å². The summed E-state index contributed by atoms with van der Waals surface area (Å²) in [5, 5.41) is 0.623. The highest BCUT2D eigenvalue weighted by Crippen LogP contribution is 2.40. The third-order valence-corrected chi connectivity index (χ3v) is 8.13. The standard InChI is InChI=1S/C24H29BrClN3O2/c1-15-13-28(14-16(2)27(15)3)21-12-20-17(10-22(21)31-4)8-9-29(20)23(30)11-18-6-5-7-19(26)24(18)25/h5-7,10,12,15-16H,8-9,11,13-14H2,1-4H3. The highest BCUT2D eigenvalue weighted by Gasteiger charge is 2.31. The van der Waals surface area contributed by atoms with Gasteiger partial charge in [0.15, 0.2) is 0 Å². The number of carbonyl (C=O) groups excluding carboxylic acids is 1. The van der Waals surface area contributed by atoms with E-state index in [1.54, 1.807) is 7.11 Å². The van der Waals surface area contributed by atoms with Gasteiger partial charge in [-0.05, 0) is 72.6 Å². The van der Waals surface area contributed by atoms with E-state index >= 15 is 0 Å². The van der Waals surface area contributed by atoms with Crippen molar-refractivity contribution in [2.24, 2.45) is 0 Å². The van der Waals surface area contributed by atoms with Gasteiger partial charge >= 0.3 is 0 Å². The third kappa shape index (κ3) is 4.30. The Morgan fingerprint density at radius 2 is 1.90 bits per heavy atom. The zero-order valence-corrected chi connectivity index (χ0v) is 20.8. The van der Waals surface area contributed by atoms with Crippen LogP contribution in [0.3, 0.4) is 0 Å². The number of fused-ring (bicyclic) bond motifs is 1. The Labute approximate surface area is 198 Å². The molecule has 1 saturated heterocycles. The minimum absolute atomic E-state index is 0.0814. The number of carbonyl (C=O) groups is 1. The maximum Gasteiger partial charge on any atom is 0.231 e. The molecule has 0 radical (unpaired) electrons. The largest absolute Gasteiger partial charge is 0.495 e. The van der Waals surface area contributed by atoms with Crippen molar-refractivity contribution >= 4 is 44.8 Å². The second kappa shape index (κ2) is 9.00. The number of piperazine rings is 1. The van der Waals surface area contributed by atoms with Gasteiger partial charge < -0.3 is 14.5 Å². The molecule has 1 amide bonds. The summed E-state index contributed by atoms with van der Waals surface area (Å²) >= 11 is 9.74. The topological polar surface area (TPSA) is 36.0 Å². The van der Waals surface area contributed by atoms with Crippen LogP contribution in [0.25, 0.3) is 0 Å². The predicted molar refractivity (Wildman–Crippen MR) is 131 cm³/mol. The summed E-state index contributed by atoms with van der Waals surface area (Å²) in [6.07, 6.45) is 1.15. The number of nitrogens with zero attached hydrogens (tertiary/aromatic N) is 3. The highest BCUT2D eigenvalue weighted by atomic mass is 79.9. The van der Waals surface area contributed by atoms with Crippen LogP contribution in [-0.4, -0.2) is 56.7 Å². The van der Waals surface area contributed by atoms with E-state index in [1.807, 2.05) is 23.1 Å². The van der Waals surface area contributed by atoms with Crippen molar-refractivity contribution in [2.75, 3.05) is 43.6 Å². The Bertz CT molecular complexity index is 987. The third-order valence-electron chi connectivity index (χ3n) is 6.65. The van der Waals surface area contributed by atoms with Crippen LogP contribution >= 0.6 is 27.5 Å². The molecule has 0 saturated carbocycles. The van der Waals surface area contributed by atoms with Crippen LogP contribution in [-0.2, 0) is 17.6 Å². The van der Waals surface area contributed by atoms with E-state index in [1.165, 1.54) is 0 Å². The first kappa shape index (κ1) is 22.4. The van der Waals surface area contributed by atoms with Gasteiger partial charge in [0.25, 0.3) is 0 Å². The molecule has 0 aliphatic carbocycles. The van der Waals surface area contributed by atoms with Gasteiger partial charge in [0.2, 0.25) is 5.91 Å². The summed E-state index contributed by atoms with van der Waals surface area (Å²) < 4.78 is 6.55. The number of amides is 1. The van der Waals surface area contributed by atoms with Gasteiger partial charge in [-0.3, -0.25) is 9.69 Å². The van der Waals surface area contributed by atoms with Gasteiger partial charge in [0.05, 0.1) is 24.2 Å². The number of anilines is 2. The van der Waals surface area contributed by atoms with Crippen LogP contribution in [0.15, 0.2) is 34.8 Å². The molecule has 2 heterocycles. The summed E-state index contributed by atoms with van der Waals surface area (Å²) in [6.45, 7) is 7.05. The van der Waals surface area contributed by atoms with E-state index in [4.69, 9.17) is 16.3 Å². The molecule has 0 N–H and O–H groups in total. The van der Waals surface area contributed by atoms with E-state index in [9.17, 15) is 4.79 Å². The SMILES string of the molecule is COc1cc2c(cc1N1CC(C)N(C)C(C)C1)N(C(=O)Cc1cccc(Cl)c1Br)CC2. The summed E-state index contributed by atoms with van der Waals surface area (Å²) in [7, 11) is 3.91. The molecule has 1 fully saturated rings. The van der Waals surface area contributed by atoms with E-state index in [2.05, 4.69) is 58.8 Å². The molecule has 7 heteroatoms. The number of benzene rings is 2. The van der Waals surface area contributed by atoms with Crippen molar-refractivity contribution in [2.45, 2.75) is 38.8 Å². The van der Waals surface area contributed by atoms with Crippen LogP contribution < -0.4 is 14.5 Å². The number of methoxy groups -OCH3 is 1. The smallest absolute Gasteiger partial charge is 0.231 e. The Morgan fingerprint density at radius 1 is 1.19 bits per heavy atom. The summed E-state index contributed by atoms with van der Waals surface area (Å²) in [5.41, 5.74) is 4.13. The first-order valence-corrected chi connectivity index (χ1v) is 11.9. The summed E-state index contributed by atoms with van der Waals surface area (Å²) in [6, 6.07) is 10.8. The lowest BCUT2D eigenvalue weighted by Gasteiger charge is -2.44. The molecular formula is C24H29BrClN3O2. The molecule has 31 heavy (non-hydrogen) atoms. The van der Waals surface area contributed by atoms with Crippen LogP contribution in [0, 0.1) is 0 Å². The zero-order valence-electron chi connectivity index (χ0n) is 18.5. The van der Waals surface area contributed by atoms with Crippen molar-refractivity contribution in [3.8, 4) is 5.75 Å².